The van der Waals surface area contributed by atoms with Crippen molar-refractivity contribution in [1.29, 1.82) is 0 Å². The highest BCUT2D eigenvalue weighted by molar-refractivity contribution is 7.98. The van der Waals surface area contributed by atoms with Gasteiger partial charge in [0.15, 0.2) is 0 Å². The smallest absolute Gasteiger partial charge is 0.0234 e. The molecule has 0 aliphatic carbocycles. The summed E-state index contributed by atoms with van der Waals surface area (Å²) in [7, 11) is 0. The van der Waals surface area contributed by atoms with E-state index in [1.807, 2.05) is 11.8 Å². The normalized spacial score (nSPS) is 10.6. The molecule has 94 valence electrons. The van der Waals surface area contributed by atoms with Gasteiger partial charge >= 0.3 is 0 Å². The van der Waals surface area contributed by atoms with Crippen molar-refractivity contribution >= 4 is 11.8 Å². The Hall–Kier alpha value is -1.25. The van der Waals surface area contributed by atoms with Crippen molar-refractivity contribution in [2.45, 2.75) is 31.0 Å². The summed E-state index contributed by atoms with van der Waals surface area (Å²) in [6, 6.07) is 15.1. The number of benzene rings is 2. The Balaban J connectivity index is 2.06. The molecule has 0 aliphatic heterocycles. The molecular weight excluding hydrogens is 238 g/mol. The van der Waals surface area contributed by atoms with Gasteiger partial charge in [0.2, 0.25) is 0 Å². The lowest BCUT2D eigenvalue weighted by molar-refractivity contribution is 1.06. The zero-order valence-corrected chi connectivity index (χ0v) is 11.8. The Bertz CT molecular complexity index is 534. The Kier molecular flexibility index (Phi) is 4.45. The summed E-state index contributed by atoms with van der Waals surface area (Å²) >= 11 is 1.88. The molecule has 0 heterocycles. The fourth-order valence-electron chi connectivity index (χ4n) is 1.91. The van der Waals surface area contributed by atoms with Crippen LogP contribution in [0.2, 0.25) is 0 Å². The molecule has 2 aromatic carbocycles. The molecule has 0 atom stereocenters. The predicted octanol–water partition coefficient (Wildman–Crippen LogP) is 4.05. The van der Waals surface area contributed by atoms with Crippen molar-refractivity contribution in [2.75, 3.05) is 0 Å². The average molecular weight is 257 g/mol. The highest BCUT2D eigenvalue weighted by Crippen LogP contribution is 2.25. The van der Waals surface area contributed by atoms with E-state index < -0.39 is 0 Å². The summed E-state index contributed by atoms with van der Waals surface area (Å²) in [5.41, 5.74) is 10.9. The van der Waals surface area contributed by atoms with Gasteiger partial charge < -0.3 is 5.73 Å². The van der Waals surface area contributed by atoms with Crippen molar-refractivity contribution in [3.8, 4) is 0 Å². The molecule has 2 aromatic rings. The SMILES string of the molecule is Cc1cccc(SCc2ccc(CN)cc2C)c1. The standard InChI is InChI=1S/C16H19NS/c1-12-4-3-5-16(8-12)18-11-15-7-6-14(10-17)9-13(15)2/h3-9H,10-11,17H2,1-2H3. The van der Waals surface area contributed by atoms with Crippen molar-refractivity contribution in [1.82, 2.24) is 0 Å². The monoisotopic (exact) mass is 257 g/mol. The van der Waals surface area contributed by atoms with E-state index in [1.54, 1.807) is 0 Å². The van der Waals surface area contributed by atoms with Crippen LogP contribution in [0.4, 0.5) is 0 Å². The molecule has 0 saturated carbocycles. The van der Waals surface area contributed by atoms with Crippen LogP contribution in [0.25, 0.3) is 0 Å². The largest absolute Gasteiger partial charge is 0.326 e. The quantitative estimate of drug-likeness (QED) is 0.836. The van der Waals surface area contributed by atoms with E-state index in [2.05, 4.69) is 56.3 Å². The molecule has 1 nitrogen and oxygen atoms in total. The van der Waals surface area contributed by atoms with Crippen LogP contribution in [0, 0.1) is 13.8 Å². The summed E-state index contributed by atoms with van der Waals surface area (Å²) in [6.45, 7) is 4.91. The summed E-state index contributed by atoms with van der Waals surface area (Å²) in [5, 5.41) is 0. The first-order valence-electron chi connectivity index (χ1n) is 6.17. The van der Waals surface area contributed by atoms with Crippen LogP contribution in [0.15, 0.2) is 47.4 Å². The second-order valence-electron chi connectivity index (χ2n) is 4.57. The Morgan fingerprint density at radius 2 is 1.89 bits per heavy atom. The highest BCUT2D eigenvalue weighted by atomic mass is 32.2. The number of hydrogen-bond acceptors (Lipinski definition) is 2. The number of hydrogen-bond donors (Lipinski definition) is 1. The van der Waals surface area contributed by atoms with Gasteiger partial charge in [0, 0.05) is 17.2 Å². The first-order valence-corrected chi connectivity index (χ1v) is 7.15. The Labute approximate surface area is 113 Å². The molecule has 0 spiro atoms. The van der Waals surface area contributed by atoms with Gasteiger partial charge in [-0.05, 0) is 42.7 Å². The van der Waals surface area contributed by atoms with E-state index in [9.17, 15) is 0 Å². The summed E-state index contributed by atoms with van der Waals surface area (Å²) < 4.78 is 0. The topological polar surface area (TPSA) is 26.0 Å². The van der Waals surface area contributed by atoms with Crippen LogP contribution in [0.3, 0.4) is 0 Å². The van der Waals surface area contributed by atoms with E-state index in [0.717, 1.165) is 5.75 Å². The van der Waals surface area contributed by atoms with Crippen LogP contribution in [0.1, 0.15) is 22.3 Å². The predicted molar refractivity (Wildman–Crippen MR) is 79.8 cm³/mol. The molecule has 2 N–H and O–H groups in total. The zero-order valence-electron chi connectivity index (χ0n) is 10.9. The first-order chi connectivity index (χ1) is 8.69. The van der Waals surface area contributed by atoms with E-state index in [-0.39, 0.29) is 0 Å². The molecule has 0 amide bonds. The maximum absolute atomic E-state index is 5.65. The van der Waals surface area contributed by atoms with Crippen LogP contribution < -0.4 is 5.73 Å². The zero-order chi connectivity index (χ0) is 13.0. The van der Waals surface area contributed by atoms with Crippen LogP contribution >= 0.6 is 11.8 Å². The lowest BCUT2D eigenvalue weighted by atomic mass is 10.1. The molecule has 0 aliphatic rings. The molecular formula is C16H19NS. The minimum Gasteiger partial charge on any atom is -0.326 e. The van der Waals surface area contributed by atoms with Gasteiger partial charge in [0.1, 0.15) is 0 Å². The van der Waals surface area contributed by atoms with Crippen LogP contribution in [-0.4, -0.2) is 0 Å². The summed E-state index contributed by atoms with van der Waals surface area (Å²) in [5.74, 6) is 1.01. The van der Waals surface area contributed by atoms with Crippen LogP contribution in [-0.2, 0) is 12.3 Å². The third-order valence-electron chi connectivity index (χ3n) is 3.03. The van der Waals surface area contributed by atoms with E-state index in [0.29, 0.717) is 6.54 Å². The molecule has 2 rings (SSSR count). The van der Waals surface area contributed by atoms with Crippen molar-refractivity contribution in [3.05, 3.63) is 64.7 Å². The fraction of sp³-hybridized carbons (Fsp3) is 0.250. The first kappa shape index (κ1) is 13.2. The molecule has 0 fully saturated rings. The molecule has 0 unspecified atom stereocenters. The average Bonchev–Trinajstić information content (AvgIpc) is 2.37. The molecule has 0 bridgehead atoms. The van der Waals surface area contributed by atoms with Gasteiger partial charge in [0.25, 0.3) is 0 Å². The number of nitrogens with two attached hydrogens (primary N) is 1. The number of rotatable bonds is 4. The second kappa shape index (κ2) is 6.07. The fourth-order valence-corrected chi connectivity index (χ4v) is 3.00. The van der Waals surface area contributed by atoms with Gasteiger partial charge in [-0.1, -0.05) is 35.9 Å². The molecule has 0 saturated heterocycles. The molecule has 2 heteroatoms. The van der Waals surface area contributed by atoms with E-state index in [1.165, 1.54) is 27.1 Å². The number of aryl methyl sites for hydroxylation is 2. The molecule has 0 radical (unpaired) electrons. The molecule has 18 heavy (non-hydrogen) atoms. The third kappa shape index (κ3) is 3.37. The van der Waals surface area contributed by atoms with Crippen LogP contribution in [0.5, 0.6) is 0 Å². The van der Waals surface area contributed by atoms with E-state index in [4.69, 9.17) is 5.73 Å². The Morgan fingerprint density at radius 1 is 1.06 bits per heavy atom. The van der Waals surface area contributed by atoms with Crippen molar-refractivity contribution in [3.63, 3.8) is 0 Å². The van der Waals surface area contributed by atoms with Gasteiger partial charge in [-0.25, -0.2) is 0 Å². The van der Waals surface area contributed by atoms with Gasteiger partial charge in [-0.15, -0.1) is 11.8 Å². The maximum Gasteiger partial charge on any atom is 0.0234 e. The maximum atomic E-state index is 5.65. The second-order valence-corrected chi connectivity index (χ2v) is 5.62. The summed E-state index contributed by atoms with van der Waals surface area (Å²) in [4.78, 5) is 1.33. The van der Waals surface area contributed by atoms with Crippen molar-refractivity contribution in [2.24, 2.45) is 5.73 Å². The lowest BCUT2D eigenvalue weighted by Crippen LogP contribution is -1.97. The third-order valence-corrected chi connectivity index (χ3v) is 4.07. The summed E-state index contributed by atoms with van der Waals surface area (Å²) in [6.07, 6.45) is 0. The Morgan fingerprint density at radius 3 is 2.56 bits per heavy atom. The van der Waals surface area contributed by atoms with Gasteiger partial charge in [0.05, 0.1) is 0 Å². The number of thioether (sulfide) groups is 1. The van der Waals surface area contributed by atoms with Gasteiger partial charge in [-0.3, -0.25) is 0 Å². The minimum absolute atomic E-state index is 0.617. The minimum atomic E-state index is 0.617. The van der Waals surface area contributed by atoms with Crippen molar-refractivity contribution < 1.29 is 0 Å². The lowest BCUT2D eigenvalue weighted by Gasteiger charge is -2.08. The van der Waals surface area contributed by atoms with E-state index >= 15 is 0 Å². The highest BCUT2D eigenvalue weighted by Gasteiger charge is 2.01. The van der Waals surface area contributed by atoms with Gasteiger partial charge in [-0.2, -0.15) is 0 Å². The molecule has 0 aromatic heterocycles.